The Morgan fingerprint density at radius 1 is 1.60 bits per heavy atom. The molecule has 0 aromatic rings. The van der Waals surface area contributed by atoms with Crippen LogP contribution in [-0.2, 0) is 8.98 Å². The summed E-state index contributed by atoms with van der Waals surface area (Å²) in [5.74, 6) is 0.669. The van der Waals surface area contributed by atoms with E-state index in [1.54, 1.807) is 0 Å². The minimum Gasteiger partial charge on any atom is -0.870 e. The van der Waals surface area contributed by atoms with Gasteiger partial charge >= 0.3 is 35.5 Å². The first-order chi connectivity index (χ1) is 3.77. The zero-order valence-electron chi connectivity index (χ0n) is 6.59. The normalized spacial score (nSPS) is 7.00. The summed E-state index contributed by atoms with van der Waals surface area (Å²) in [6, 6.07) is 0. The van der Waals surface area contributed by atoms with E-state index >= 15 is 0 Å². The minimum atomic E-state index is -0.219. The molecule has 0 aromatic heterocycles. The number of carbonyl (C=O) groups is 1. The monoisotopic (exact) mass is 174 g/mol. The van der Waals surface area contributed by atoms with Gasteiger partial charge in [-0.2, -0.15) is 0 Å². The molecule has 0 atom stereocenters. The molecule has 0 fully saturated rings. The predicted molar refractivity (Wildman–Crippen MR) is 36.5 cm³/mol. The molecular formula is C5H11NaO3S. The topological polar surface area (TPSA) is 56.3 Å². The quantitative estimate of drug-likeness (QED) is 0.295. The molecule has 5 heteroatoms. The van der Waals surface area contributed by atoms with Crippen LogP contribution in [0, 0.1) is 0 Å². The average molecular weight is 174 g/mol. The summed E-state index contributed by atoms with van der Waals surface area (Å²) in [5.41, 5.74) is 0. The van der Waals surface area contributed by atoms with E-state index in [1.165, 1.54) is 19.0 Å². The van der Waals surface area contributed by atoms with Crippen molar-refractivity contribution in [2.24, 2.45) is 0 Å². The van der Waals surface area contributed by atoms with Crippen molar-refractivity contribution in [1.29, 1.82) is 0 Å². The van der Waals surface area contributed by atoms with Gasteiger partial charge in [-0.3, -0.25) is 4.79 Å². The molecule has 0 rings (SSSR count). The maximum Gasteiger partial charge on any atom is 1.00 e. The van der Waals surface area contributed by atoms with Gasteiger partial charge in [0.15, 0.2) is 0 Å². The van der Waals surface area contributed by atoms with E-state index in [4.69, 9.17) is 0 Å². The first-order valence-electron chi connectivity index (χ1n) is 2.57. The Balaban J connectivity index is -0.000000245. The maximum absolute atomic E-state index is 10.1. The van der Waals surface area contributed by atoms with Crippen LogP contribution in [0.3, 0.4) is 0 Å². The van der Waals surface area contributed by atoms with Gasteiger partial charge in [0.1, 0.15) is 0 Å². The summed E-state index contributed by atoms with van der Waals surface area (Å²) in [6.45, 7) is 3.44. The van der Waals surface area contributed by atoms with Crippen LogP contribution in [0.4, 0.5) is 0 Å². The SMILES string of the molecule is CCCSOC(C)=O.[Na+].[OH-]. The van der Waals surface area contributed by atoms with Crippen molar-refractivity contribution < 1.29 is 44.0 Å². The third-order valence-corrected chi connectivity index (χ3v) is 1.39. The van der Waals surface area contributed by atoms with Gasteiger partial charge in [0.25, 0.3) is 0 Å². The molecule has 1 N–H and O–H groups in total. The molecule has 0 aliphatic heterocycles. The fourth-order valence-corrected chi connectivity index (χ4v) is 0.624. The van der Waals surface area contributed by atoms with E-state index < -0.39 is 0 Å². The Morgan fingerprint density at radius 3 is 2.40 bits per heavy atom. The zero-order valence-corrected chi connectivity index (χ0v) is 9.40. The van der Waals surface area contributed by atoms with E-state index in [2.05, 4.69) is 4.18 Å². The smallest absolute Gasteiger partial charge is 0.870 e. The molecule has 0 spiro atoms. The third kappa shape index (κ3) is 15.9. The van der Waals surface area contributed by atoms with E-state index in [1.807, 2.05) is 6.92 Å². The van der Waals surface area contributed by atoms with Crippen LogP contribution >= 0.6 is 12.0 Å². The third-order valence-electron chi connectivity index (χ3n) is 0.464. The summed E-state index contributed by atoms with van der Waals surface area (Å²) < 4.78 is 4.56. The second-order valence-electron chi connectivity index (χ2n) is 1.40. The van der Waals surface area contributed by atoms with Crippen LogP contribution in [-0.4, -0.2) is 17.2 Å². The summed E-state index contributed by atoms with van der Waals surface area (Å²) in [6.07, 6.45) is 1.04. The molecule has 0 saturated carbocycles. The average Bonchev–Trinajstić information content (AvgIpc) is 1.66. The van der Waals surface area contributed by atoms with Gasteiger partial charge < -0.3 is 9.66 Å². The molecule has 0 aliphatic rings. The van der Waals surface area contributed by atoms with E-state index in [0.29, 0.717) is 0 Å². The van der Waals surface area contributed by atoms with Crippen molar-refractivity contribution in [3.63, 3.8) is 0 Å². The Bertz CT molecular complexity index is 79.3. The summed E-state index contributed by atoms with van der Waals surface area (Å²) in [5, 5.41) is 0. The zero-order chi connectivity index (χ0) is 6.41. The summed E-state index contributed by atoms with van der Waals surface area (Å²) >= 11 is 1.21. The van der Waals surface area contributed by atoms with Gasteiger partial charge in [0, 0.05) is 12.7 Å². The van der Waals surface area contributed by atoms with Crippen molar-refractivity contribution in [1.82, 2.24) is 0 Å². The van der Waals surface area contributed by atoms with Crippen molar-refractivity contribution >= 4 is 18.0 Å². The Hall–Kier alpha value is 0.780. The molecule has 0 bridgehead atoms. The van der Waals surface area contributed by atoms with Crippen LogP contribution < -0.4 is 29.6 Å². The molecule has 10 heavy (non-hydrogen) atoms. The summed E-state index contributed by atoms with van der Waals surface area (Å²) in [7, 11) is 0. The van der Waals surface area contributed by atoms with Gasteiger partial charge in [-0.05, 0) is 6.42 Å². The Labute approximate surface area is 87.7 Å². The van der Waals surface area contributed by atoms with Crippen LogP contribution in [0.1, 0.15) is 20.3 Å². The van der Waals surface area contributed by atoms with Crippen molar-refractivity contribution in [3.8, 4) is 0 Å². The van der Waals surface area contributed by atoms with Gasteiger partial charge in [-0.25, -0.2) is 0 Å². The molecule has 0 amide bonds. The summed E-state index contributed by atoms with van der Waals surface area (Å²) in [4.78, 5) is 10.1. The van der Waals surface area contributed by atoms with Gasteiger partial charge in [-0.15, -0.1) is 0 Å². The molecule has 0 heterocycles. The number of hydrogen-bond acceptors (Lipinski definition) is 4. The van der Waals surface area contributed by atoms with Gasteiger partial charge in [-0.1, -0.05) is 6.92 Å². The maximum atomic E-state index is 10.1. The van der Waals surface area contributed by atoms with Crippen LogP contribution in [0.5, 0.6) is 0 Å². The Kier molecular flexibility index (Phi) is 21.2. The molecule has 3 nitrogen and oxygen atoms in total. The second kappa shape index (κ2) is 12.5. The molecule has 0 aromatic carbocycles. The predicted octanol–water partition coefficient (Wildman–Crippen LogP) is -1.57. The van der Waals surface area contributed by atoms with Gasteiger partial charge in [0.2, 0.25) is 0 Å². The number of rotatable bonds is 3. The largest absolute Gasteiger partial charge is 1.00 e. The molecule has 0 unspecified atom stereocenters. The fourth-order valence-electron chi connectivity index (χ4n) is 0.208. The second-order valence-corrected chi connectivity index (χ2v) is 2.21. The van der Waals surface area contributed by atoms with Crippen molar-refractivity contribution in [2.45, 2.75) is 20.3 Å². The van der Waals surface area contributed by atoms with E-state index in [0.717, 1.165) is 12.2 Å². The molecule has 0 aliphatic carbocycles. The van der Waals surface area contributed by atoms with Crippen LogP contribution in [0.25, 0.3) is 0 Å². The number of hydrogen-bond donors (Lipinski definition) is 0. The van der Waals surface area contributed by atoms with Gasteiger partial charge in [0.05, 0.1) is 12.0 Å². The van der Waals surface area contributed by atoms with Crippen molar-refractivity contribution in [2.75, 3.05) is 5.75 Å². The first-order valence-corrected chi connectivity index (χ1v) is 3.48. The standard InChI is InChI=1S/C5H10O2S.Na.H2O/c1-3-4-8-7-5(2)6;;/h3-4H2,1-2H3;;1H2/q;+1;/p-1. The molecule has 56 valence electrons. The van der Waals surface area contributed by atoms with E-state index in [-0.39, 0.29) is 41.0 Å². The van der Waals surface area contributed by atoms with Crippen LogP contribution in [0.15, 0.2) is 0 Å². The van der Waals surface area contributed by atoms with Crippen molar-refractivity contribution in [3.05, 3.63) is 0 Å². The fraction of sp³-hybridized carbons (Fsp3) is 0.800. The number of carbonyl (C=O) groups excluding carboxylic acids is 1. The molecular weight excluding hydrogens is 163 g/mol. The minimum absolute atomic E-state index is 0. The van der Waals surface area contributed by atoms with E-state index in [9.17, 15) is 4.79 Å². The molecule has 0 radical (unpaired) electrons. The Morgan fingerprint density at radius 2 is 2.10 bits per heavy atom. The van der Waals surface area contributed by atoms with Crippen LogP contribution in [0.2, 0.25) is 0 Å². The first kappa shape index (κ1) is 17.0. The molecule has 0 saturated heterocycles.